The molecule has 0 radical (unpaired) electrons. The molecule has 0 spiro atoms. The zero-order chi connectivity index (χ0) is 14.4. The van der Waals surface area contributed by atoms with Gasteiger partial charge in [0.25, 0.3) is 5.91 Å². The fourth-order valence-corrected chi connectivity index (χ4v) is 2.13. The van der Waals surface area contributed by atoms with Crippen LogP contribution in [0.15, 0.2) is 47.2 Å². The topological polar surface area (TPSA) is 54.0 Å². The second kappa shape index (κ2) is 7.05. The monoisotopic (exact) mass is 333 g/mol. The van der Waals surface area contributed by atoms with Crippen molar-refractivity contribution in [2.45, 2.75) is 13.3 Å². The molecule has 20 heavy (non-hydrogen) atoms. The summed E-state index contributed by atoms with van der Waals surface area (Å²) >= 11 is 3.41. The normalized spacial score (nSPS) is 10.1. The zero-order valence-corrected chi connectivity index (χ0v) is 12.8. The number of carbonyl (C=O) groups is 1. The lowest BCUT2D eigenvalue weighted by Gasteiger charge is -2.11. The number of para-hydroxylation sites is 1. The van der Waals surface area contributed by atoms with Gasteiger partial charge in [-0.05, 0) is 40.5 Å². The van der Waals surface area contributed by atoms with Gasteiger partial charge in [-0.15, -0.1) is 0 Å². The van der Waals surface area contributed by atoms with E-state index in [0.29, 0.717) is 5.56 Å². The van der Waals surface area contributed by atoms with Gasteiger partial charge in [0.15, 0.2) is 0 Å². The molecule has 1 aromatic heterocycles. The quantitative estimate of drug-likeness (QED) is 0.871. The lowest BCUT2D eigenvalue weighted by atomic mass is 10.2. The standard InChI is InChI=1S/C15H16BrN3O/c1-2-8-18-13-7-9-17-10-11(13)15(20)19-14-6-4-3-5-12(14)16/h3-7,9-10H,2,8H2,1H3,(H,17,18)(H,19,20). The van der Waals surface area contributed by atoms with E-state index < -0.39 is 0 Å². The molecule has 0 aliphatic rings. The Labute approximate surface area is 126 Å². The van der Waals surface area contributed by atoms with Crippen LogP contribution in [0.1, 0.15) is 23.7 Å². The molecule has 0 aliphatic heterocycles. The van der Waals surface area contributed by atoms with E-state index in [1.54, 1.807) is 12.4 Å². The molecule has 1 amide bonds. The summed E-state index contributed by atoms with van der Waals surface area (Å²) in [5.74, 6) is -0.177. The number of nitrogens with zero attached hydrogens (tertiary/aromatic N) is 1. The highest BCUT2D eigenvalue weighted by Gasteiger charge is 2.12. The molecule has 0 atom stereocenters. The first-order valence-electron chi connectivity index (χ1n) is 6.46. The smallest absolute Gasteiger partial charge is 0.259 e. The lowest BCUT2D eigenvalue weighted by molar-refractivity contribution is 0.102. The van der Waals surface area contributed by atoms with Crippen LogP contribution in [0.4, 0.5) is 11.4 Å². The van der Waals surface area contributed by atoms with Gasteiger partial charge in [0, 0.05) is 23.4 Å². The van der Waals surface area contributed by atoms with E-state index >= 15 is 0 Å². The van der Waals surface area contributed by atoms with Gasteiger partial charge in [-0.2, -0.15) is 0 Å². The van der Waals surface area contributed by atoms with Gasteiger partial charge in [-0.3, -0.25) is 9.78 Å². The number of hydrogen-bond acceptors (Lipinski definition) is 3. The molecular formula is C15H16BrN3O. The summed E-state index contributed by atoms with van der Waals surface area (Å²) in [6, 6.07) is 9.31. The number of hydrogen-bond donors (Lipinski definition) is 2. The Morgan fingerprint density at radius 1 is 1.25 bits per heavy atom. The van der Waals surface area contributed by atoms with Crippen molar-refractivity contribution in [1.29, 1.82) is 0 Å². The molecule has 104 valence electrons. The van der Waals surface area contributed by atoms with Crippen molar-refractivity contribution in [3.63, 3.8) is 0 Å². The van der Waals surface area contributed by atoms with Crippen LogP contribution in [-0.4, -0.2) is 17.4 Å². The highest BCUT2D eigenvalue weighted by atomic mass is 79.9. The molecule has 2 N–H and O–H groups in total. The molecule has 0 saturated carbocycles. The van der Waals surface area contributed by atoms with Gasteiger partial charge in [0.1, 0.15) is 0 Å². The third kappa shape index (κ3) is 3.57. The van der Waals surface area contributed by atoms with Crippen molar-refractivity contribution in [1.82, 2.24) is 4.98 Å². The highest BCUT2D eigenvalue weighted by molar-refractivity contribution is 9.10. The summed E-state index contributed by atoms with van der Waals surface area (Å²) in [7, 11) is 0. The minimum atomic E-state index is -0.177. The van der Waals surface area contributed by atoms with E-state index in [1.165, 1.54) is 0 Å². The Bertz CT molecular complexity index is 601. The van der Waals surface area contributed by atoms with Crippen molar-refractivity contribution >= 4 is 33.2 Å². The minimum absolute atomic E-state index is 0.177. The summed E-state index contributed by atoms with van der Waals surface area (Å²) in [6.07, 6.45) is 4.24. The predicted molar refractivity (Wildman–Crippen MR) is 85.1 cm³/mol. The molecule has 1 aromatic carbocycles. The van der Waals surface area contributed by atoms with Gasteiger partial charge >= 0.3 is 0 Å². The van der Waals surface area contributed by atoms with Crippen molar-refractivity contribution in [2.24, 2.45) is 0 Å². The molecule has 4 nitrogen and oxygen atoms in total. The summed E-state index contributed by atoms with van der Waals surface area (Å²) in [4.78, 5) is 16.4. The van der Waals surface area contributed by atoms with E-state index in [4.69, 9.17) is 0 Å². The molecule has 0 fully saturated rings. The number of rotatable bonds is 5. The Morgan fingerprint density at radius 2 is 2.05 bits per heavy atom. The second-order valence-electron chi connectivity index (χ2n) is 4.28. The van der Waals surface area contributed by atoms with Crippen LogP contribution in [0.5, 0.6) is 0 Å². The van der Waals surface area contributed by atoms with E-state index in [0.717, 1.165) is 28.8 Å². The SMILES string of the molecule is CCCNc1ccncc1C(=O)Nc1ccccc1Br. The van der Waals surface area contributed by atoms with Crippen LogP contribution in [0.25, 0.3) is 0 Å². The Morgan fingerprint density at radius 3 is 2.80 bits per heavy atom. The summed E-state index contributed by atoms with van der Waals surface area (Å²) in [5, 5.41) is 6.11. The Balaban J connectivity index is 2.19. The molecule has 0 unspecified atom stereocenters. The number of halogens is 1. The molecule has 5 heteroatoms. The van der Waals surface area contributed by atoms with Crippen LogP contribution in [0.3, 0.4) is 0 Å². The second-order valence-corrected chi connectivity index (χ2v) is 5.14. The summed E-state index contributed by atoms with van der Waals surface area (Å²) in [6.45, 7) is 2.90. The van der Waals surface area contributed by atoms with Gasteiger partial charge in [0.2, 0.25) is 0 Å². The number of amides is 1. The Kier molecular flexibility index (Phi) is 5.12. The van der Waals surface area contributed by atoms with Crippen LogP contribution in [0.2, 0.25) is 0 Å². The van der Waals surface area contributed by atoms with Crippen molar-refractivity contribution in [3.8, 4) is 0 Å². The highest BCUT2D eigenvalue weighted by Crippen LogP contribution is 2.23. The molecular weight excluding hydrogens is 318 g/mol. The van der Waals surface area contributed by atoms with E-state index in [9.17, 15) is 4.79 Å². The number of benzene rings is 1. The van der Waals surface area contributed by atoms with E-state index in [-0.39, 0.29) is 5.91 Å². The molecule has 0 saturated heterocycles. The van der Waals surface area contributed by atoms with Gasteiger partial charge in [-0.25, -0.2) is 0 Å². The Hall–Kier alpha value is -1.88. The van der Waals surface area contributed by atoms with Crippen LogP contribution >= 0.6 is 15.9 Å². The van der Waals surface area contributed by atoms with Gasteiger partial charge in [0.05, 0.1) is 16.9 Å². The summed E-state index contributed by atoms with van der Waals surface area (Å²) in [5.41, 5.74) is 2.07. The average molecular weight is 334 g/mol. The van der Waals surface area contributed by atoms with Gasteiger partial charge in [-0.1, -0.05) is 19.1 Å². The minimum Gasteiger partial charge on any atom is -0.384 e. The number of pyridine rings is 1. The number of carbonyl (C=O) groups excluding carboxylic acids is 1. The number of nitrogens with one attached hydrogen (secondary N) is 2. The molecule has 0 bridgehead atoms. The van der Waals surface area contributed by atoms with Crippen molar-refractivity contribution in [3.05, 3.63) is 52.8 Å². The molecule has 1 heterocycles. The summed E-state index contributed by atoms with van der Waals surface area (Å²) < 4.78 is 0.848. The van der Waals surface area contributed by atoms with E-state index in [2.05, 4.69) is 38.5 Å². The molecule has 2 aromatic rings. The maximum Gasteiger partial charge on any atom is 0.259 e. The first-order valence-corrected chi connectivity index (χ1v) is 7.25. The van der Waals surface area contributed by atoms with E-state index in [1.807, 2.05) is 30.3 Å². The van der Waals surface area contributed by atoms with Crippen LogP contribution in [0, 0.1) is 0 Å². The van der Waals surface area contributed by atoms with Crippen LogP contribution < -0.4 is 10.6 Å². The third-order valence-electron chi connectivity index (χ3n) is 2.75. The number of aromatic nitrogens is 1. The zero-order valence-electron chi connectivity index (χ0n) is 11.2. The number of anilines is 2. The molecule has 0 aliphatic carbocycles. The predicted octanol–water partition coefficient (Wildman–Crippen LogP) is 3.92. The maximum atomic E-state index is 12.3. The fraction of sp³-hybridized carbons (Fsp3) is 0.200. The third-order valence-corrected chi connectivity index (χ3v) is 3.44. The molecule has 2 rings (SSSR count). The fourth-order valence-electron chi connectivity index (χ4n) is 1.74. The van der Waals surface area contributed by atoms with Crippen LogP contribution in [-0.2, 0) is 0 Å². The van der Waals surface area contributed by atoms with Crippen molar-refractivity contribution in [2.75, 3.05) is 17.2 Å². The van der Waals surface area contributed by atoms with Crippen molar-refractivity contribution < 1.29 is 4.79 Å². The lowest BCUT2D eigenvalue weighted by Crippen LogP contribution is -2.15. The first kappa shape index (κ1) is 14.5. The maximum absolute atomic E-state index is 12.3. The average Bonchev–Trinajstić information content (AvgIpc) is 2.47. The largest absolute Gasteiger partial charge is 0.384 e. The first-order chi connectivity index (χ1) is 9.72. The van der Waals surface area contributed by atoms with Gasteiger partial charge < -0.3 is 10.6 Å².